The molecule has 0 aromatic carbocycles. The zero-order valence-electron chi connectivity index (χ0n) is 10.6. The van der Waals surface area contributed by atoms with Crippen molar-refractivity contribution in [2.24, 2.45) is 0 Å². The minimum atomic E-state index is -4.81. The van der Waals surface area contributed by atoms with Crippen LogP contribution in [0.25, 0.3) is 0 Å². The van der Waals surface area contributed by atoms with Gasteiger partial charge in [-0.05, 0) is 13.0 Å². The molecule has 0 bridgehead atoms. The van der Waals surface area contributed by atoms with Gasteiger partial charge in [0.25, 0.3) is 0 Å². The fourth-order valence-electron chi connectivity index (χ4n) is 0.992. The largest absolute Gasteiger partial charge is 0.810 e. The summed E-state index contributed by atoms with van der Waals surface area (Å²) in [5.74, 6) is 0. The fraction of sp³-hybridized carbons (Fsp3) is 1.00. The van der Waals surface area contributed by atoms with Crippen molar-refractivity contribution >= 4 is 15.2 Å². The van der Waals surface area contributed by atoms with E-state index in [-0.39, 0.29) is 25.0 Å². The second-order valence-electron chi connectivity index (χ2n) is 2.90. The van der Waals surface area contributed by atoms with Crippen LogP contribution in [0.1, 0.15) is 13.3 Å². The van der Waals surface area contributed by atoms with Crippen LogP contribution in [0.15, 0.2) is 0 Å². The van der Waals surface area contributed by atoms with Crippen LogP contribution < -0.4 is 38.0 Å². The monoisotopic (exact) mass is 297 g/mol. The van der Waals surface area contributed by atoms with Crippen LogP contribution in [0.5, 0.6) is 0 Å². The quantitative estimate of drug-likeness (QED) is 0.492. The molecule has 0 unspecified atom stereocenters. The predicted octanol–water partition coefficient (Wildman–Crippen LogP) is -1.43. The lowest BCUT2D eigenvalue weighted by Crippen LogP contribution is -2.36. The van der Waals surface area contributed by atoms with Crippen LogP contribution in [-0.2, 0) is 9.13 Å². The molecule has 0 saturated carbocycles. The lowest BCUT2D eigenvalue weighted by molar-refractivity contribution is -0.318. The third-order valence-electron chi connectivity index (χ3n) is 1.29. The number of nitrogens with zero attached hydrogens (tertiary/aromatic N) is 1. The van der Waals surface area contributed by atoms with Crippen LogP contribution >= 0.6 is 15.2 Å². The molecule has 0 fully saturated rings. The highest BCUT2D eigenvalue weighted by molar-refractivity contribution is 7.49. The molecule has 12 heteroatoms. The number of hydrogen-bond donors (Lipinski definition) is 3. The lowest BCUT2D eigenvalue weighted by Gasteiger charge is -2.40. The maximum Gasteiger partial charge on any atom is 0.0264 e. The molecule has 0 heterocycles. The van der Waals surface area contributed by atoms with Crippen LogP contribution in [0.4, 0.5) is 0 Å². The molecule has 0 aliphatic rings. The molecule has 0 spiro atoms. The van der Waals surface area contributed by atoms with E-state index in [1.54, 1.807) is 6.92 Å². The van der Waals surface area contributed by atoms with E-state index >= 15 is 0 Å². The van der Waals surface area contributed by atoms with Crippen LogP contribution in [0, 0.1) is 0 Å². The Hall–Kier alpha value is 0.140. The summed E-state index contributed by atoms with van der Waals surface area (Å²) in [4.78, 5) is 42.2. The van der Waals surface area contributed by atoms with E-state index in [2.05, 4.69) is 0 Å². The van der Waals surface area contributed by atoms with Gasteiger partial charge in [-0.3, -0.25) is 4.90 Å². The van der Waals surface area contributed by atoms with Gasteiger partial charge < -0.3 is 47.2 Å². The van der Waals surface area contributed by atoms with Gasteiger partial charge in [-0.1, -0.05) is 22.1 Å². The highest BCUT2D eigenvalue weighted by atomic mass is 31.2. The van der Waals surface area contributed by atoms with Gasteiger partial charge in [0.1, 0.15) is 0 Å². The third kappa shape index (κ3) is 18.7. The lowest BCUT2D eigenvalue weighted by atomic mass is 10.5. The van der Waals surface area contributed by atoms with E-state index in [0.717, 1.165) is 4.90 Å². The summed E-state index contributed by atoms with van der Waals surface area (Å²) < 4.78 is 20.7. The number of quaternary nitrogens is 3. The second kappa shape index (κ2) is 10.1. The Bertz CT molecular complexity index is 241. The van der Waals surface area contributed by atoms with E-state index < -0.39 is 27.8 Å². The maximum absolute atomic E-state index is 10.3. The molecule has 0 aliphatic carbocycles. The summed E-state index contributed by atoms with van der Waals surface area (Å²) in [5.41, 5.74) is 0. The smallest absolute Gasteiger partial charge is 0.0264 e. The van der Waals surface area contributed by atoms with E-state index in [9.17, 15) is 28.7 Å². The highest BCUT2D eigenvalue weighted by Crippen LogP contribution is 2.30. The molecule has 12 N–H and O–H groups in total. The van der Waals surface area contributed by atoms with Crippen LogP contribution in [0.3, 0.4) is 0 Å². The molecule has 0 aromatic heterocycles. The first-order chi connectivity index (χ1) is 6.14. The predicted molar refractivity (Wildman–Crippen MR) is 59.9 cm³/mol. The zero-order chi connectivity index (χ0) is 11.4. The second-order valence-corrected chi connectivity index (χ2v) is 5.91. The highest BCUT2D eigenvalue weighted by Gasteiger charge is 2.07. The molecule has 110 valence electrons. The van der Waals surface area contributed by atoms with Crippen molar-refractivity contribution in [2.45, 2.75) is 13.3 Å². The van der Waals surface area contributed by atoms with E-state index in [4.69, 9.17) is 0 Å². The van der Waals surface area contributed by atoms with Crippen molar-refractivity contribution in [2.75, 3.05) is 19.1 Å². The zero-order valence-corrected chi connectivity index (χ0v) is 12.4. The summed E-state index contributed by atoms with van der Waals surface area (Å²) in [6.07, 6.45) is -1.38. The van der Waals surface area contributed by atoms with E-state index in [1.165, 1.54) is 0 Å². The number of rotatable bonds is 6. The minimum absolute atomic E-state index is 0. The number of hydrogen-bond acceptors (Lipinski definition) is 7. The van der Waals surface area contributed by atoms with Crippen molar-refractivity contribution in [3.8, 4) is 0 Å². The molecular formula is C5H23N4O6P2-. The van der Waals surface area contributed by atoms with Gasteiger partial charge >= 0.3 is 0 Å². The first-order valence-electron chi connectivity index (χ1n) is 3.88. The Balaban J connectivity index is -0.000000282. The summed E-state index contributed by atoms with van der Waals surface area (Å²) in [6.45, 7) is 1.76. The Labute approximate surface area is 100 Å². The molecule has 0 saturated heterocycles. The molecule has 0 radical (unpaired) electrons. The van der Waals surface area contributed by atoms with Crippen LogP contribution in [-0.4, -0.2) is 24.0 Å². The normalized spacial score (nSPS) is 11.2. The Kier molecular flexibility index (Phi) is 15.4. The van der Waals surface area contributed by atoms with Crippen molar-refractivity contribution in [1.82, 2.24) is 23.4 Å². The van der Waals surface area contributed by atoms with E-state index in [1.807, 2.05) is 0 Å². The Morgan fingerprint density at radius 3 is 1.35 bits per heavy atom. The molecule has 0 aromatic rings. The van der Waals surface area contributed by atoms with Gasteiger partial charge in [-0.25, -0.2) is 0 Å². The van der Waals surface area contributed by atoms with Crippen molar-refractivity contribution < 1.29 is 28.7 Å². The third-order valence-corrected chi connectivity index (χ3v) is 2.78. The van der Waals surface area contributed by atoms with Crippen molar-refractivity contribution in [3.05, 3.63) is 0 Å². The first-order valence-corrected chi connectivity index (χ1v) is 7.34. The maximum atomic E-state index is 10.3. The van der Waals surface area contributed by atoms with Gasteiger partial charge in [-0.2, -0.15) is 0 Å². The molecule has 0 rings (SSSR count). The molecular weight excluding hydrogens is 274 g/mol. The average Bonchev–Trinajstić information content (AvgIpc) is 1.78. The molecule has 17 heavy (non-hydrogen) atoms. The van der Waals surface area contributed by atoms with Gasteiger partial charge in [0.05, 0.1) is 0 Å². The van der Waals surface area contributed by atoms with E-state index in [0.29, 0.717) is 6.42 Å². The fourth-order valence-corrected chi connectivity index (χ4v) is 2.61. The van der Waals surface area contributed by atoms with Crippen LogP contribution in [0.2, 0.25) is 0 Å². The molecule has 0 amide bonds. The summed E-state index contributed by atoms with van der Waals surface area (Å²) in [7, 11) is -9.62. The summed E-state index contributed by atoms with van der Waals surface area (Å²) in [6, 6.07) is 0. The first kappa shape index (κ1) is 25.9. The van der Waals surface area contributed by atoms with Crippen molar-refractivity contribution in [3.63, 3.8) is 0 Å². The van der Waals surface area contributed by atoms with Crippen molar-refractivity contribution in [1.29, 1.82) is 0 Å². The molecule has 0 aliphatic heterocycles. The Morgan fingerprint density at radius 2 is 1.18 bits per heavy atom. The minimum Gasteiger partial charge on any atom is -0.810 e. The molecule has 10 nitrogen and oxygen atoms in total. The van der Waals surface area contributed by atoms with Gasteiger partial charge in [0, 0.05) is 12.6 Å². The summed E-state index contributed by atoms with van der Waals surface area (Å²) >= 11 is 0. The summed E-state index contributed by atoms with van der Waals surface area (Å²) in [5, 5.41) is 0. The SMILES string of the molecule is CCCN(CP(=O)([O-])[O-])CP(=O)([O-])[O-].[NH4+].[NH4+].[NH4+]. The van der Waals surface area contributed by atoms with Gasteiger partial charge in [-0.15, -0.1) is 0 Å². The average molecular weight is 297 g/mol. The standard InChI is InChI=1S/C5H15NO6P2.3H3N/c1-2-3-6(4-13(7,8)9)5-14(10,11)12;;;/h2-5H2,1H3,(H2,7,8,9)(H2,10,11,12);3*1H3/p-1. The molecule has 0 atom stereocenters. The van der Waals surface area contributed by atoms with Gasteiger partial charge in [0.2, 0.25) is 0 Å². The Morgan fingerprint density at radius 1 is 0.882 bits per heavy atom. The topological polar surface area (TPSA) is 239 Å². The van der Waals surface area contributed by atoms with Gasteiger partial charge in [0.15, 0.2) is 0 Å².